The van der Waals surface area contributed by atoms with Crippen LogP contribution in [0.3, 0.4) is 0 Å². The molecule has 13 heteroatoms. The summed E-state index contributed by atoms with van der Waals surface area (Å²) < 4.78 is 21.9. The van der Waals surface area contributed by atoms with Gasteiger partial charge in [0.15, 0.2) is 0 Å². The first-order chi connectivity index (χ1) is 16.7. The summed E-state index contributed by atoms with van der Waals surface area (Å²) in [6, 6.07) is 30.8. The highest BCUT2D eigenvalue weighted by molar-refractivity contribution is 8.21. The summed E-state index contributed by atoms with van der Waals surface area (Å²) in [6.07, 6.45) is 0. The average molecular weight is 625 g/mol. The molecule has 0 fully saturated rings. The molecule has 3 aromatic rings. The van der Waals surface area contributed by atoms with E-state index >= 15 is 0 Å². The normalized spacial score (nSPS) is 20.9. The Morgan fingerprint density at radius 2 is 1.00 bits per heavy atom. The van der Waals surface area contributed by atoms with Gasteiger partial charge in [0.05, 0.1) is 7.05 Å². The first-order valence-corrected chi connectivity index (χ1v) is 21.3. The molecule has 0 aromatic heterocycles. The molecule has 0 spiro atoms. The van der Waals surface area contributed by atoms with E-state index in [4.69, 9.17) is 58.5 Å². The van der Waals surface area contributed by atoms with E-state index in [0.717, 1.165) is 15.9 Å². The molecule has 0 N–H and O–H groups in total. The highest BCUT2D eigenvalue weighted by Gasteiger charge is 2.40. The van der Waals surface area contributed by atoms with Crippen molar-refractivity contribution in [1.82, 2.24) is 4.67 Å². The van der Waals surface area contributed by atoms with Gasteiger partial charge in [-0.15, -0.1) is 0 Å². The predicted octanol–water partition coefficient (Wildman–Crippen LogP) is 10.3. The zero-order valence-electron chi connectivity index (χ0n) is 19.1. The first kappa shape index (κ1) is 27.7. The quantitative estimate of drug-likeness (QED) is 0.241. The monoisotopic (exact) mass is 623 g/mol. The third-order valence-electron chi connectivity index (χ3n) is 5.42. The van der Waals surface area contributed by atoms with Crippen LogP contribution in [0.15, 0.2) is 109 Å². The van der Waals surface area contributed by atoms with Gasteiger partial charge in [-0.3, -0.25) is 0 Å². The van der Waals surface area contributed by atoms with E-state index in [2.05, 4.69) is 45.6 Å². The van der Waals surface area contributed by atoms with E-state index in [-0.39, 0.29) is 0 Å². The summed E-state index contributed by atoms with van der Waals surface area (Å²) in [7, 11) is -5.80. The maximum absolute atomic E-state index is 6.66. The molecule has 186 valence electrons. The van der Waals surface area contributed by atoms with Crippen molar-refractivity contribution in [2.75, 3.05) is 13.1 Å². The van der Waals surface area contributed by atoms with Gasteiger partial charge in [0.2, 0.25) is 0 Å². The average Bonchev–Trinajstić information content (AvgIpc) is 2.83. The van der Waals surface area contributed by atoms with E-state index in [1.54, 1.807) is 0 Å². The fourth-order valence-electron chi connectivity index (χ4n) is 3.99. The minimum absolute atomic E-state index is 0.626. The third-order valence-corrected chi connectivity index (χ3v) is 22.1. The van der Waals surface area contributed by atoms with E-state index in [9.17, 15) is 0 Å². The number of hydrogen-bond donors (Lipinski definition) is 0. The molecule has 1 aliphatic heterocycles. The Kier molecular flexibility index (Phi) is 8.88. The Labute approximate surface area is 226 Å². The van der Waals surface area contributed by atoms with E-state index in [0.29, 0.717) is 13.1 Å². The van der Waals surface area contributed by atoms with Crippen molar-refractivity contribution >= 4 is 87.3 Å². The highest BCUT2D eigenvalue weighted by Crippen LogP contribution is 2.87. The molecule has 4 rings (SSSR count). The standard InChI is InChI=1S/C22H25Cl4N5P4/c1-3-31(4-2)35(29-33(23,24)28-34(25,26)30-35)27-32(20-14-8-5-9-15-20,21-16-10-6-11-17-21)22-18-12-7-13-19-22/h5-19H,3-4H2,1-2H3. The second-order valence-corrected chi connectivity index (χ2v) is 23.4. The van der Waals surface area contributed by atoms with Crippen LogP contribution in [-0.2, 0) is 0 Å². The number of nitrogens with zero attached hydrogens (tertiary/aromatic N) is 5. The van der Waals surface area contributed by atoms with Crippen LogP contribution in [0.2, 0.25) is 0 Å². The second kappa shape index (κ2) is 11.2. The van der Waals surface area contributed by atoms with Crippen LogP contribution < -0.4 is 15.9 Å². The molecule has 5 nitrogen and oxygen atoms in total. The van der Waals surface area contributed by atoms with Crippen LogP contribution in [0, 0.1) is 0 Å². The predicted molar refractivity (Wildman–Crippen MR) is 162 cm³/mol. The summed E-state index contributed by atoms with van der Waals surface area (Å²) in [5.41, 5.74) is 0. The molecule has 0 saturated heterocycles. The van der Waals surface area contributed by atoms with Crippen molar-refractivity contribution in [1.29, 1.82) is 0 Å². The SMILES string of the molecule is CCN(CC)P1(N=P(c2ccccc2)(c2ccccc2)c2ccccc2)=NP(Cl)(Cl)=NP(Cl)(Cl)=N1. The van der Waals surface area contributed by atoms with E-state index in [1.807, 2.05) is 68.4 Å². The van der Waals surface area contributed by atoms with E-state index < -0.39 is 26.4 Å². The van der Waals surface area contributed by atoms with Crippen LogP contribution in [0.5, 0.6) is 0 Å². The van der Waals surface area contributed by atoms with Crippen LogP contribution in [0.25, 0.3) is 0 Å². The van der Waals surface area contributed by atoms with Crippen molar-refractivity contribution in [3.8, 4) is 0 Å². The molecule has 1 unspecified atom stereocenters. The van der Waals surface area contributed by atoms with Gasteiger partial charge in [0.25, 0.3) is 19.3 Å². The molecular weight excluding hydrogens is 600 g/mol. The molecule has 0 saturated carbocycles. The van der Waals surface area contributed by atoms with Gasteiger partial charge in [-0.2, -0.15) is 13.5 Å². The first-order valence-electron chi connectivity index (χ1n) is 10.9. The van der Waals surface area contributed by atoms with Gasteiger partial charge in [0.1, 0.15) is 0 Å². The lowest BCUT2D eigenvalue weighted by atomic mass is 10.4. The van der Waals surface area contributed by atoms with Crippen molar-refractivity contribution in [3.05, 3.63) is 91.0 Å². The molecule has 35 heavy (non-hydrogen) atoms. The van der Waals surface area contributed by atoms with Gasteiger partial charge >= 0.3 is 0 Å². The molecule has 0 aliphatic carbocycles. The summed E-state index contributed by atoms with van der Waals surface area (Å²) in [4.78, 5) is 0. The van der Waals surface area contributed by atoms with Crippen molar-refractivity contribution in [2.45, 2.75) is 13.8 Å². The van der Waals surface area contributed by atoms with Crippen LogP contribution in [0.4, 0.5) is 0 Å². The summed E-state index contributed by atoms with van der Waals surface area (Å²) in [5.74, 6) is -6.41. The van der Waals surface area contributed by atoms with Crippen LogP contribution >= 0.6 is 71.3 Å². The van der Waals surface area contributed by atoms with Gasteiger partial charge in [-0.25, -0.2) is 9.19 Å². The number of hydrogen-bond acceptors (Lipinski definition) is 5. The lowest BCUT2D eigenvalue weighted by Gasteiger charge is -2.36. The maximum Gasteiger partial charge on any atom is 0.264 e. The lowest BCUT2D eigenvalue weighted by molar-refractivity contribution is 0.501. The topological polar surface area (TPSA) is 52.7 Å². The number of halogens is 4. The van der Waals surface area contributed by atoms with Crippen molar-refractivity contribution < 1.29 is 0 Å². The fourth-order valence-corrected chi connectivity index (χ4v) is 25.2. The van der Waals surface area contributed by atoms with Gasteiger partial charge < -0.3 is 0 Å². The second-order valence-electron chi connectivity index (χ2n) is 7.59. The molecule has 0 radical (unpaired) electrons. The maximum atomic E-state index is 6.66. The zero-order chi connectivity index (χ0) is 25.2. The summed E-state index contributed by atoms with van der Waals surface area (Å²) in [5, 5.41) is 3.20. The van der Waals surface area contributed by atoms with E-state index in [1.165, 1.54) is 0 Å². The smallest absolute Gasteiger partial charge is 0.234 e. The lowest BCUT2D eigenvalue weighted by Crippen LogP contribution is -2.26. The molecule has 0 bridgehead atoms. The highest BCUT2D eigenvalue weighted by atomic mass is 35.9. The minimum Gasteiger partial charge on any atom is -0.234 e. The molecule has 1 aliphatic rings. The Morgan fingerprint density at radius 3 is 1.34 bits per heavy atom. The van der Waals surface area contributed by atoms with Gasteiger partial charge in [0, 0.05) is 29.0 Å². The Balaban J connectivity index is 2.29. The van der Waals surface area contributed by atoms with Gasteiger partial charge in [-0.1, -0.05) is 105 Å². The summed E-state index contributed by atoms with van der Waals surface area (Å²) >= 11 is 26.6. The van der Waals surface area contributed by atoms with Crippen LogP contribution in [0.1, 0.15) is 13.8 Å². The third kappa shape index (κ3) is 5.91. The minimum atomic E-state index is -3.20. The molecule has 0 amide bonds. The molecule has 1 atom stereocenters. The number of rotatable bonds is 7. The number of benzene rings is 3. The fraction of sp³-hybridized carbons (Fsp3) is 0.182. The Hall–Kier alpha value is -0.300. The molecular formula is C22H25Cl4N5P4. The molecule has 3 aromatic carbocycles. The van der Waals surface area contributed by atoms with Crippen LogP contribution in [-0.4, -0.2) is 17.8 Å². The zero-order valence-corrected chi connectivity index (χ0v) is 25.7. The van der Waals surface area contributed by atoms with Gasteiger partial charge in [-0.05, 0) is 45.0 Å². The Bertz CT molecular complexity index is 1290. The molecule has 1 heterocycles. The van der Waals surface area contributed by atoms with Crippen molar-refractivity contribution in [2.24, 2.45) is 18.1 Å². The Morgan fingerprint density at radius 1 is 0.629 bits per heavy atom. The van der Waals surface area contributed by atoms with Crippen molar-refractivity contribution in [3.63, 3.8) is 0 Å². The summed E-state index contributed by atoms with van der Waals surface area (Å²) in [6.45, 7) is 5.33. The largest absolute Gasteiger partial charge is 0.264 e.